The zero-order valence-electron chi connectivity index (χ0n) is 12.7. The fraction of sp³-hybridized carbons (Fsp3) is 0.684. The maximum absolute atomic E-state index is 13.8. The van der Waals surface area contributed by atoms with Crippen LogP contribution in [0, 0.1) is 30.0 Å². The third-order valence-electron chi connectivity index (χ3n) is 6.79. The Balaban J connectivity index is 1.74. The SMILES string of the molecule is Cc1cc2c(cc1F)CCC1C2CC[C@]2(C)CCCC12. The number of fused-ring (bicyclic) bond motifs is 5. The number of halogens is 1. The van der Waals surface area contributed by atoms with Gasteiger partial charge in [-0.15, -0.1) is 0 Å². The van der Waals surface area contributed by atoms with Gasteiger partial charge in [-0.1, -0.05) is 19.4 Å². The fourth-order valence-electron chi connectivity index (χ4n) is 5.70. The Kier molecular flexibility index (Phi) is 2.78. The van der Waals surface area contributed by atoms with Gasteiger partial charge in [0.1, 0.15) is 5.82 Å². The van der Waals surface area contributed by atoms with Gasteiger partial charge in [0.05, 0.1) is 0 Å². The lowest BCUT2D eigenvalue weighted by atomic mass is 9.56. The minimum absolute atomic E-state index is 0.0104. The molecule has 0 aromatic heterocycles. The van der Waals surface area contributed by atoms with Crippen LogP contribution in [0.5, 0.6) is 0 Å². The summed E-state index contributed by atoms with van der Waals surface area (Å²) in [5, 5.41) is 0. The first-order valence-electron chi connectivity index (χ1n) is 8.37. The van der Waals surface area contributed by atoms with Gasteiger partial charge in [0.2, 0.25) is 0 Å². The first kappa shape index (κ1) is 12.9. The molecular weight excluding hydrogens is 247 g/mol. The van der Waals surface area contributed by atoms with Crippen molar-refractivity contribution < 1.29 is 4.39 Å². The zero-order valence-corrected chi connectivity index (χ0v) is 12.7. The van der Waals surface area contributed by atoms with Gasteiger partial charge >= 0.3 is 0 Å². The van der Waals surface area contributed by atoms with Crippen molar-refractivity contribution in [3.63, 3.8) is 0 Å². The highest BCUT2D eigenvalue weighted by Gasteiger charge is 2.50. The van der Waals surface area contributed by atoms with Crippen molar-refractivity contribution in [3.8, 4) is 0 Å². The Labute approximate surface area is 121 Å². The van der Waals surface area contributed by atoms with Crippen LogP contribution in [0.3, 0.4) is 0 Å². The van der Waals surface area contributed by atoms with Gasteiger partial charge in [0.25, 0.3) is 0 Å². The van der Waals surface area contributed by atoms with Crippen LogP contribution in [0.4, 0.5) is 4.39 Å². The third kappa shape index (κ3) is 1.71. The summed E-state index contributed by atoms with van der Waals surface area (Å²) in [5.74, 6) is 2.51. The molecular formula is C19H25F. The molecule has 4 rings (SSSR count). The van der Waals surface area contributed by atoms with Gasteiger partial charge < -0.3 is 0 Å². The Hall–Kier alpha value is -0.850. The van der Waals surface area contributed by atoms with Crippen LogP contribution in [0.15, 0.2) is 12.1 Å². The molecule has 3 unspecified atom stereocenters. The second-order valence-corrected chi connectivity index (χ2v) is 7.80. The molecule has 4 atom stereocenters. The standard InChI is InChI=1S/C19H25F/c1-12-10-16-13(11-18(12)20)5-6-15-14(16)7-9-19(2)8-3-4-17(15)19/h10-11,14-15,17H,3-9H2,1-2H3/t14?,15?,17?,19-/m0/s1. The van der Waals surface area contributed by atoms with Crippen LogP contribution in [0.25, 0.3) is 0 Å². The van der Waals surface area contributed by atoms with Gasteiger partial charge in [0.15, 0.2) is 0 Å². The van der Waals surface area contributed by atoms with Gasteiger partial charge in [-0.25, -0.2) is 4.39 Å². The van der Waals surface area contributed by atoms with Crippen LogP contribution in [-0.2, 0) is 6.42 Å². The number of benzene rings is 1. The molecule has 1 aromatic carbocycles. The molecule has 1 aromatic rings. The lowest BCUT2D eigenvalue weighted by molar-refractivity contribution is 0.0598. The first-order valence-corrected chi connectivity index (χ1v) is 8.37. The van der Waals surface area contributed by atoms with Crippen molar-refractivity contribution in [1.29, 1.82) is 0 Å². The maximum Gasteiger partial charge on any atom is 0.126 e. The van der Waals surface area contributed by atoms with E-state index in [0.717, 1.165) is 23.8 Å². The summed E-state index contributed by atoms with van der Waals surface area (Å²) >= 11 is 0. The van der Waals surface area contributed by atoms with E-state index in [9.17, 15) is 4.39 Å². The van der Waals surface area contributed by atoms with Crippen molar-refractivity contribution in [2.45, 2.75) is 64.7 Å². The van der Waals surface area contributed by atoms with E-state index in [2.05, 4.69) is 13.0 Å². The number of rotatable bonds is 0. The van der Waals surface area contributed by atoms with Crippen molar-refractivity contribution in [1.82, 2.24) is 0 Å². The van der Waals surface area contributed by atoms with Gasteiger partial charge in [-0.05, 0) is 91.4 Å². The Morgan fingerprint density at radius 2 is 2.00 bits per heavy atom. The van der Waals surface area contributed by atoms with Gasteiger partial charge in [-0.3, -0.25) is 0 Å². The van der Waals surface area contributed by atoms with Crippen molar-refractivity contribution in [3.05, 3.63) is 34.6 Å². The second kappa shape index (κ2) is 4.32. The van der Waals surface area contributed by atoms with E-state index in [1.54, 1.807) is 0 Å². The van der Waals surface area contributed by atoms with Crippen molar-refractivity contribution in [2.24, 2.45) is 17.3 Å². The lowest BCUT2D eigenvalue weighted by Gasteiger charge is -2.49. The normalized spacial score (nSPS) is 39.0. The summed E-state index contributed by atoms with van der Waals surface area (Å²) in [6.07, 6.45) is 9.41. The van der Waals surface area contributed by atoms with E-state index in [4.69, 9.17) is 0 Å². The molecule has 1 heteroatoms. The average molecular weight is 272 g/mol. The van der Waals surface area contributed by atoms with E-state index in [1.807, 2.05) is 13.0 Å². The Morgan fingerprint density at radius 1 is 1.15 bits per heavy atom. The molecule has 3 aliphatic rings. The summed E-state index contributed by atoms with van der Waals surface area (Å²) < 4.78 is 13.8. The van der Waals surface area contributed by atoms with Gasteiger partial charge in [0, 0.05) is 0 Å². The van der Waals surface area contributed by atoms with Crippen LogP contribution >= 0.6 is 0 Å². The summed E-state index contributed by atoms with van der Waals surface area (Å²) in [6.45, 7) is 4.45. The van der Waals surface area contributed by atoms with E-state index in [-0.39, 0.29) is 5.82 Å². The second-order valence-electron chi connectivity index (χ2n) is 7.80. The van der Waals surface area contributed by atoms with Crippen LogP contribution in [0.2, 0.25) is 0 Å². The van der Waals surface area contributed by atoms with Crippen molar-refractivity contribution in [2.75, 3.05) is 0 Å². The molecule has 3 aliphatic carbocycles. The minimum Gasteiger partial charge on any atom is -0.207 e. The predicted molar refractivity (Wildman–Crippen MR) is 80.4 cm³/mol. The molecule has 108 valence electrons. The first-order chi connectivity index (χ1) is 9.58. The average Bonchev–Trinajstić information content (AvgIpc) is 2.82. The summed E-state index contributed by atoms with van der Waals surface area (Å²) in [6, 6.07) is 3.99. The molecule has 0 spiro atoms. The highest BCUT2D eigenvalue weighted by Crippen LogP contribution is 2.60. The summed E-state index contributed by atoms with van der Waals surface area (Å²) in [7, 11) is 0. The molecule has 0 N–H and O–H groups in total. The Morgan fingerprint density at radius 3 is 2.85 bits per heavy atom. The molecule has 0 saturated heterocycles. The molecule has 0 nitrogen and oxygen atoms in total. The van der Waals surface area contributed by atoms with Crippen LogP contribution in [-0.4, -0.2) is 0 Å². The van der Waals surface area contributed by atoms with Crippen molar-refractivity contribution >= 4 is 0 Å². The largest absolute Gasteiger partial charge is 0.207 e. The van der Waals surface area contributed by atoms with E-state index < -0.39 is 0 Å². The monoisotopic (exact) mass is 272 g/mol. The van der Waals surface area contributed by atoms with E-state index >= 15 is 0 Å². The van der Waals surface area contributed by atoms with Crippen LogP contribution < -0.4 is 0 Å². The van der Waals surface area contributed by atoms with Gasteiger partial charge in [-0.2, -0.15) is 0 Å². The molecule has 0 heterocycles. The predicted octanol–water partition coefficient (Wildman–Crippen LogP) is 5.38. The zero-order chi connectivity index (χ0) is 13.9. The fourth-order valence-corrected chi connectivity index (χ4v) is 5.70. The molecule has 2 fully saturated rings. The molecule has 0 aliphatic heterocycles. The minimum atomic E-state index is -0.0104. The summed E-state index contributed by atoms with van der Waals surface area (Å²) in [4.78, 5) is 0. The maximum atomic E-state index is 13.8. The van der Waals surface area contributed by atoms with E-state index in [1.165, 1.54) is 49.7 Å². The number of hydrogen-bond donors (Lipinski definition) is 0. The molecule has 2 saturated carbocycles. The highest BCUT2D eigenvalue weighted by atomic mass is 19.1. The third-order valence-corrected chi connectivity index (χ3v) is 6.79. The number of hydrogen-bond acceptors (Lipinski definition) is 0. The Bertz CT molecular complexity index is 547. The smallest absolute Gasteiger partial charge is 0.126 e. The molecule has 0 bridgehead atoms. The molecule has 0 amide bonds. The van der Waals surface area contributed by atoms with Crippen LogP contribution in [0.1, 0.15) is 68.1 Å². The lowest BCUT2D eigenvalue weighted by Crippen LogP contribution is -2.39. The molecule has 20 heavy (non-hydrogen) atoms. The highest BCUT2D eigenvalue weighted by molar-refractivity contribution is 5.38. The molecule has 0 radical (unpaired) electrons. The quantitative estimate of drug-likeness (QED) is 0.594. The summed E-state index contributed by atoms with van der Waals surface area (Å²) in [5.41, 5.74) is 4.25. The topological polar surface area (TPSA) is 0 Å². The number of aryl methyl sites for hydroxylation is 2. The van der Waals surface area contributed by atoms with E-state index in [0.29, 0.717) is 11.3 Å².